The van der Waals surface area contributed by atoms with Crippen molar-refractivity contribution in [3.8, 4) is 5.69 Å². The minimum atomic E-state index is -1.03. The second kappa shape index (κ2) is 6.91. The SMILES string of the molecule is O=C(CCc1cnn(-c2ccccc2)c1)N1C[C@@H](F)C[C@H]1CO. The maximum absolute atomic E-state index is 13.4. The molecule has 1 aliphatic heterocycles. The Morgan fingerprint density at radius 1 is 1.35 bits per heavy atom. The Balaban J connectivity index is 1.58. The minimum absolute atomic E-state index is 0.0906. The molecule has 1 amide bonds. The van der Waals surface area contributed by atoms with Crippen molar-refractivity contribution in [3.63, 3.8) is 0 Å². The van der Waals surface area contributed by atoms with Crippen LogP contribution < -0.4 is 0 Å². The van der Waals surface area contributed by atoms with Gasteiger partial charge in [-0.2, -0.15) is 5.10 Å². The van der Waals surface area contributed by atoms with Gasteiger partial charge in [0.1, 0.15) is 6.17 Å². The molecular weight excluding hydrogens is 297 g/mol. The number of para-hydroxylation sites is 1. The molecule has 1 aromatic heterocycles. The summed E-state index contributed by atoms with van der Waals surface area (Å²) in [4.78, 5) is 13.7. The molecule has 3 rings (SSSR count). The molecule has 1 saturated heterocycles. The summed E-state index contributed by atoms with van der Waals surface area (Å²) in [7, 11) is 0. The van der Waals surface area contributed by atoms with Crippen LogP contribution in [0.5, 0.6) is 0 Å². The van der Waals surface area contributed by atoms with Crippen LogP contribution in [-0.2, 0) is 11.2 Å². The fourth-order valence-electron chi connectivity index (χ4n) is 2.94. The van der Waals surface area contributed by atoms with Crippen LogP contribution >= 0.6 is 0 Å². The quantitative estimate of drug-likeness (QED) is 0.914. The van der Waals surface area contributed by atoms with Gasteiger partial charge in [-0.3, -0.25) is 4.79 Å². The molecule has 122 valence electrons. The Morgan fingerprint density at radius 3 is 2.87 bits per heavy atom. The lowest BCUT2D eigenvalue weighted by atomic mass is 10.1. The maximum Gasteiger partial charge on any atom is 0.223 e. The van der Waals surface area contributed by atoms with Crippen molar-refractivity contribution in [2.24, 2.45) is 0 Å². The molecule has 2 aromatic rings. The molecule has 1 fully saturated rings. The first-order chi connectivity index (χ1) is 11.2. The fraction of sp³-hybridized carbons (Fsp3) is 0.412. The van der Waals surface area contributed by atoms with E-state index in [1.165, 1.54) is 4.90 Å². The number of aromatic nitrogens is 2. The normalized spacial score (nSPS) is 20.9. The van der Waals surface area contributed by atoms with E-state index in [1.54, 1.807) is 10.9 Å². The lowest BCUT2D eigenvalue weighted by molar-refractivity contribution is -0.132. The third-order valence-corrected chi connectivity index (χ3v) is 4.18. The van der Waals surface area contributed by atoms with E-state index >= 15 is 0 Å². The van der Waals surface area contributed by atoms with E-state index in [9.17, 15) is 14.3 Å². The van der Waals surface area contributed by atoms with Gasteiger partial charge < -0.3 is 10.0 Å². The van der Waals surface area contributed by atoms with Gasteiger partial charge in [0.25, 0.3) is 0 Å². The summed E-state index contributed by atoms with van der Waals surface area (Å²) in [5, 5.41) is 13.5. The highest BCUT2D eigenvalue weighted by molar-refractivity contribution is 5.77. The van der Waals surface area contributed by atoms with E-state index < -0.39 is 6.17 Å². The minimum Gasteiger partial charge on any atom is -0.394 e. The van der Waals surface area contributed by atoms with Gasteiger partial charge in [0.15, 0.2) is 0 Å². The highest BCUT2D eigenvalue weighted by Gasteiger charge is 2.34. The van der Waals surface area contributed by atoms with Gasteiger partial charge in [0.05, 0.1) is 31.1 Å². The molecule has 2 heterocycles. The summed E-state index contributed by atoms with van der Waals surface area (Å²) < 4.78 is 15.2. The second-order valence-corrected chi connectivity index (χ2v) is 5.84. The van der Waals surface area contributed by atoms with Crippen molar-refractivity contribution in [1.82, 2.24) is 14.7 Å². The van der Waals surface area contributed by atoms with Crippen molar-refractivity contribution in [3.05, 3.63) is 48.3 Å². The monoisotopic (exact) mass is 317 g/mol. The van der Waals surface area contributed by atoms with Crippen LogP contribution in [-0.4, -0.2) is 51.1 Å². The van der Waals surface area contributed by atoms with Crippen LogP contribution in [0.25, 0.3) is 5.69 Å². The summed E-state index contributed by atoms with van der Waals surface area (Å²) in [6.45, 7) is -0.0918. The molecule has 0 unspecified atom stereocenters. The fourth-order valence-corrected chi connectivity index (χ4v) is 2.94. The average molecular weight is 317 g/mol. The summed E-state index contributed by atoms with van der Waals surface area (Å²) in [5.41, 5.74) is 1.92. The topological polar surface area (TPSA) is 58.4 Å². The lowest BCUT2D eigenvalue weighted by Gasteiger charge is -2.22. The van der Waals surface area contributed by atoms with Crippen LogP contribution in [0.3, 0.4) is 0 Å². The number of halogens is 1. The zero-order valence-electron chi connectivity index (χ0n) is 12.8. The average Bonchev–Trinajstić information content (AvgIpc) is 3.20. The van der Waals surface area contributed by atoms with Crippen molar-refractivity contribution >= 4 is 5.91 Å². The number of alkyl halides is 1. The first kappa shape index (κ1) is 15.7. The number of aliphatic hydroxyl groups is 1. The van der Waals surface area contributed by atoms with E-state index in [2.05, 4.69) is 5.10 Å². The number of amides is 1. The molecule has 6 heteroatoms. The molecule has 1 aliphatic rings. The van der Waals surface area contributed by atoms with Gasteiger partial charge in [0.2, 0.25) is 5.91 Å². The van der Waals surface area contributed by atoms with E-state index in [-0.39, 0.29) is 31.5 Å². The van der Waals surface area contributed by atoms with Gasteiger partial charge in [-0.1, -0.05) is 18.2 Å². The second-order valence-electron chi connectivity index (χ2n) is 5.84. The molecule has 0 radical (unpaired) electrons. The molecule has 5 nitrogen and oxygen atoms in total. The van der Waals surface area contributed by atoms with Gasteiger partial charge in [-0.25, -0.2) is 9.07 Å². The number of hydrogen-bond donors (Lipinski definition) is 1. The number of aryl methyl sites for hydroxylation is 1. The number of aliphatic hydroxyl groups excluding tert-OH is 1. The van der Waals surface area contributed by atoms with Gasteiger partial charge in [-0.15, -0.1) is 0 Å². The predicted octanol–water partition coefficient (Wildman–Crippen LogP) is 1.74. The lowest BCUT2D eigenvalue weighted by Crippen LogP contribution is -2.37. The molecule has 2 atom stereocenters. The Bertz CT molecular complexity index is 659. The number of benzene rings is 1. The Morgan fingerprint density at radius 2 is 2.13 bits per heavy atom. The molecule has 0 spiro atoms. The molecule has 0 aliphatic carbocycles. The van der Waals surface area contributed by atoms with E-state index in [0.29, 0.717) is 12.8 Å². The number of carbonyl (C=O) groups excluding carboxylic acids is 1. The predicted molar refractivity (Wildman–Crippen MR) is 84.0 cm³/mol. The number of nitrogens with zero attached hydrogens (tertiary/aromatic N) is 3. The van der Waals surface area contributed by atoms with Crippen LogP contribution in [0, 0.1) is 0 Å². The van der Waals surface area contributed by atoms with Gasteiger partial charge >= 0.3 is 0 Å². The van der Waals surface area contributed by atoms with E-state index in [4.69, 9.17) is 0 Å². The van der Waals surface area contributed by atoms with Crippen LogP contribution in [0.1, 0.15) is 18.4 Å². The Hall–Kier alpha value is -2.21. The zero-order valence-corrected chi connectivity index (χ0v) is 12.8. The highest BCUT2D eigenvalue weighted by atomic mass is 19.1. The van der Waals surface area contributed by atoms with Crippen molar-refractivity contribution in [1.29, 1.82) is 0 Å². The largest absolute Gasteiger partial charge is 0.394 e. The molecule has 0 saturated carbocycles. The highest BCUT2D eigenvalue weighted by Crippen LogP contribution is 2.21. The summed E-state index contributed by atoms with van der Waals surface area (Å²) in [5.74, 6) is -0.114. The first-order valence-electron chi connectivity index (χ1n) is 7.80. The standard InChI is InChI=1S/C17H20FN3O2/c18-14-8-16(12-22)20(11-14)17(23)7-6-13-9-19-21(10-13)15-4-2-1-3-5-15/h1-5,9-10,14,16,22H,6-8,11-12H2/t14-,16-/m0/s1. The summed E-state index contributed by atoms with van der Waals surface area (Å²) >= 11 is 0. The molecule has 23 heavy (non-hydrogen) atoms. The number of likely N-dealkylation sites (tertiary alicyclic amines) is 1. The number of hydrogen-bond acceptors (Lipinski definition) is 3. The van der Waals surface area contributed by atoms with Crippen LogP contribution in [0.2, 0.25) is 0 Å². The molecular formula is C17H20FN3O2. The van der Waals surface area contributed by atoms with Gasteiger partial charge in [-0.05, 0) is 24.1 Å². The number of carbonyl (C=O) groups is 1. The maximum atomic E-state index is 13.4. The first-order valence-corrected chi connectivity index (χ1v) is 7.80. The zero-order chi connectivity index (χ0) is 16.2. The van der Waals surface area contributed by atoms with Crippen molar-refractivity contribution in [2.75, 3.05) is 13.2 Å². The van der Waals surface area contributed by atoms with Crippen LogP contribution in [0.15, 0.2) is 42.7 Å². The summed E-state index contributed by atoms with van der Waals surface area (Å²) in [6, 6.07) is 9.35. The molecule has 1 N–H and O–H groups in total. The third-order valence-electron chi connectivity index (χ3n) is 4.18. The van der Waals surface area contributed by atoms with Gasteiger partial charge in [0, 0.05) is 19.0 Å². The molecule has 1 aromatic carbocycles. The van der Waals surface area contributed by atoms with E-state index in [0.717, 1.165) is 11.3 Å². The van der Waals surface area contributed by atoms with Crippen molar-refractivity contribution < 1.29 is 14.3 Å². The van der Waals surface area contributed by atoms with E-state index in [1.807, 2.05) is 36.5 Å². The Kier molecular flexibility index (Phi) is 4.71. The Labute approximate surface area is 134 Å². The smallest absolute Gasteiger partial charge is 0.223 e. The van der Waals surface area contributed by atoms with Crippen molar-refractivity contribution in [2.45, 2.75) is 31.5 Å². The summed E-state index contributed by atoms with van der Waals surface area (Å²) in [6.07, 6.45) is 3.69. The third kappa shape index (κ3) is 3.59. The molecule has 0 bridgehead atoms. The van der Waals surface area contributed by atoms with Crippen LogP contribution in [0.4, 0.5) is 4.39 Å². The number of rotatable bonds is 5.